The van der Waals surface area contributed by atoms with Crippen LogP contribution < -0.4 is 5.32 Å². The normalized spacial score (nSPS) is 16.6. The molecular formula is C25H27N5O. The van der Waals surface area contributed by atoms with E-state index in [0.29, 0.717) is 6.54 Å². The summed E-state index contributed by atoms with van der Waals surface area (Å²) in [7, 11) is 0. The Morgan fingerprint density at radius 1 is 1.00 bits per heavy atom. The Labute approximate surface area is 182 Å². The van der Waals surface area contributed by atoms with E-state index in [2.05, 4.69) is 85.5 Å². The summed E-state index contributed by atoms with van der Waals surface area (Å²) in [6, 6.07) is 21.2. The highest BCUT2D eigenvalue weighted by Gasteiger charge is 2.21. The average Bonchev–Trinajstić information content (AvgIpc) is 3.25. The molecule has 158 valence electrons. The highest BCUT2D eigenvalue weighted by atomic mass is 16.5. The van der Waals surface area contributed by atoms with Crippen LogP contribution in [0.5, 0.6) is 0 Å². The molecule has 0 amide bonds. The Morgan fingerprint density at radius 2 is 1.71 bits per heavy atom. The van der Waals surface area contributed by atoms with Crippen molar-refractivity contribution in [3.63, 3.8) is 0 Å². The summed E-state index contributed by atoms with van der Waals surface area (Å²) >= 11 is 0. The number of aromatic nitrogens is 4. The standard InChI is InChI=1S/C25H27N5O/c1-18-28-24(23-25(29-18)30(17-27-23)22-14-8-9-15-31-22)26-16-21(19-10-4-2-5-11-19)20-12-6-3-7-13-20/h2-7,10-13,17,21-22H,8-9,14-16H2,1H3,(H,26,28,29). The van der Waals surface area contributed by atoms with Crippen LogP contribution in [0, 0.1) is 6.92 Å². The molecule has 1 N–H and O–H groups in total. The molecule has 0 spiro atoms. The second-order valence-electron chi connectivity index (χ2n) is 8.02. The van der Waals surface area contributed by atoms with E-state index < -0.39 is 0 Å². The molecule has 1 fully saturated rings. The number of anilines is 1. The lowest BCUT2D eigenvalue weighted by molar-refractivity contribution is -0.0298. The number of hydrogen-bond acceptors (Lipinski definition) is 5. The van der Waals surface area contributed by atoms with Gasteiger partial charge in [-0.25, -0.2) is 15.0 Å². The quantitative estimate of drug-likeness (QED) is 0.478. The summed E-state index contributed by atoms with van der Waals surface area (Å²) in [6.45, 7) is 3.43. The molecule has 1 aliphatic heterocycles. The van der Waals surface area contributed by atoms with Crippen LogP contribution in [0.15, 0.2) is 67.0 Å². The van der Waals surface area contributed by atoms with Gasteiger partial charge >= 0.3 is 0 Å². The van der Waals surface area contributed by atoms with Gasteiger partial charge in [-0.2, -0.15) is 0 Å². The fourth-order valence-electron chi connectivity index (χ4n) is 4.30. The van der Waals surface area contributed by atoms with Gasteiger partial charge in [0.2, 0.25) is 0 Å². The minimum Gasteiger partial charge on any atom is -0.367 e. The lowest BCUT2D eigenvalue weighted by Gasteiger charge is -2.24. The minimum absolute atomic E-state index is 0.00212. The smallest absolute Gasteiger partial charge is 0.167 e. The number of nitrogens with zero attached hydrogens (tertiary/aromatic N) is 4. The predicted molar refractivity (Wildman–Crippen MR) is 122 cm³/mol. The largest absolute Gasteiger partial charge is 0.367 e. The zero-order chi connectivity index (χ0) is 21.0. The van der Waals surface area contributed by atoms with Crippen LogP contribution in [0.4, 0.5) is 5.82 Å². The number of benzene rings is 2. The number of rotatable bonds is 6. The van der Waals surface area contributed by atoms with Crippen molar-refractivity contribution < 1.29 is 4.74 Å². The van der Waals surface area contributed by atoms with Crippen LogP contribution in [0.3, 0.4) is 0 Å². The first-order valence-electron chi connectivity index (χ1n) is 11.0. The Bertz CT molecular complexity index is 1100. The first kappa shape index (κ1) is 19.7. The van der Waals surface area contributed by atoms with Crippen molar-refractivity contribution in [2.45, 2.75) is 38.3 Å². The predicted octanol–water partition coefficient (Wildman–Crippen LogP) is 5.08. The Morgan fingerprint density at radius 3 is 2.35 bits per heavy atom. The Balaban J connectivity index is 1.46. The molecule has 1 atom stereocenters. The van der Waals surface area contributed by atoms with Gasteiger partial charge in [0.05, 0.1) is 6.33 Å². The zero-order valence-electron chi connectivity index (χ0n) is 17.7. The summed E-state index contributed by atoms with van der Waals surface area (Å²) < 4.78 is 8.02. The first-order chi connectivity index (χ1) is 15.3. The molecule has 4 aromatic rings. The van der Waals surface area contributed by atoms with Gasteiger partial charge in [0.15, 0.2) is 17.0 Å². The van der Waals surface area contributed by atoms with E-state index in [0.717, 1.165) is 48.7 Å². The van der Waals surface area contributed by atoms with E-state index in [-0.39, 0.29) is 12.1 Å². The maximum atomic E-state index is 5.97. The summed E-state index contributed by atoms with van der Waals surface area (Å²) in [5, 5.41) is 3.57. The average molecular weight is 414 g/mol. The van der Waals surface area contributed by atoms with Gasteiger partial charge in [-0.15, -0.1) is 0 Å². The molecule has 6 nitrogen and oxygen atoms in total. The van der Waals surface area contributed by atoms with Crippen LogP contribution in [-0.2, 0) is 4.74 Å². The summed E-state index contributed by atoms with van der Waals surface area (Å²) in [5.74, 6) is 1.70. The van der Waals surface area contributed by atoms with Crippen LogP contribution in [0.1, 0.15) is 48.4 Å². The molecule has 6 heteroatoms. The molecule has 0 saturated carbocycles. The number of imidazole rings is 1. The molecule has 0 radical (unpaired) electrons. The molecule has 31 heavy (non-hydrogen) atoms. The number of aryl methyl sites for hydroxylation is 1. The van der Waals surface area contributed by atoms with E-state index in [1.54, 1.807) is 0 Å². The van der Waals surface area contributed by atoms with Crippen molar-refractivity contribution in [3.05, 3.63) is 83.9 Å². The highest BCUT2D eigenvalue weighted by Crippen LogP contribution is 2.29. The van der Waals surface area contributed by atoms with Gasteiger partial charge in [-0.3, -0.25) is 4.57 Å². The third-order valence-corrected chi connectivity index (χ3v) is 5.88. The van der Waals surface area contributed by atoms with Crippen LogP contribution in [0.2, 0.25) is 0 Å². The van der Waals surface area contributed by atoms with Gasteiger partial charge in [-0.1, -0.05) is 60.7 Å². The summed E-state index contributed by atoms with van der Waals surface area (Å²) in [5.41, 5.74) is 4.16. The fourth-order valence-corrected chi connectivity index (χ4v) is 4.30. The van der Waals surface area contributed by atoms with Gasteiger partial charge in [0, 0.05) is 19.1 Å². The molecule has 5 rings (SSSR count). The third-order valence-electron chi connectivity index (χ3n) is 5.88. The van der Waals surface area contributed by atoms with E-state index >= 15 is 0 Å². The van der Waals surface area contributed by atoms with Crippen LogP contribution >= 0.6 is 0 Å². The zero-order valence-corrected chi connectivity index (χ0v) is 17.7. The topological polar surface area (TPSA) is 64.9 Å². The highest BCUT2D eigenvalue weighted by molar-refractivity contribution is 5.83. The monoisotopic (exact) mass is 413 g/mol. The van der Waals surface area contributed by atoms with Crippen molar-refractivity contribution >= 4 is 17.0 Å². The lowest BCUT2D eigenvalue weighted by atomic mass is 9.91. The Kier molecular flexibility index (Phi) is 5.63. The van der Waals surface area contributed by atoms with Crippen molar-refractivity contribution in [1.82, 2.24) is 19.5 Å². The van der Waals surface area contributed by atoms with E-state index in [4.69, 9.17) is 4.74 Å². The van der Waals surface area contributed by atoms with Gasteiger partial charge < -0.3 is 10.1 Å². The second kappa shape index (κ2) is 8.86. The molecule has 0 aliphatic carbocycles. The van der Waals surface area contributed by atoms with Gasteiger partial charge in [-0.05, 0) is 37.3 Å². The number of nitrogens with one attached hydrogen (secondary N) is 1. The third kappa shape index (κ3) is 4.16. The SMILES string of the molecule is Cc1nc(NCC(c2ccccc2)c2ccccc2)c2ncn(C3CCCCO3)c2n1. The van der Waals surface area contributed by atoms with Crippen molar-refractivity contribution in [2.75, 3.05) is 18.5 Å². The maximum absolute atomic E-state index is 5.97. The van der Waals surface area contributed by atoms with Crippen molar-refractivity contribution in [1.29, 1.82) is 0 Å². The molecule has 0 bridgehead atoms. The summed E-state index contributed by atoms with van der Waals surface area (Å²) in [6.07, 6.45) is 5.11. The van der Waals surface area contributed by atoms with Crippen molar-refractivity contribution in [3.8, 4) is 0 Å². The van der Waals surface area contributed by atoms with Crippen LogP contribution in [-0.4, -0.2) is 32.7 Å². The molecule has 1 saturated heterocycles. The van der Waals surface area contributed by atoms with Gasteiger partial charge in [0.25, 0.3) is 0 Å². The fraction of sp³-hybridized carbons (Fsp3) is 0.320. The van der Waals surface area contributed by atoms with E-state index in [1.165, 1.54) is 11.1 Å². The van der Waals surface area contributed by atoms with E-state index in [1.807, 2.05) is 13.3 Å². The minimum atomic E-state index is 0.00212. The molecule has 2 aromatic heterocycles. The van der Waals surface area contributed by atoms with Crippen LogP contribution in [0.25, 0.3) is 11.2 Å². The number of hydrogen-bond donors (Lipinski definition) is 1. The molecule has 3 heterocycles. The number of fused-ring (bicyclic) bond motifs is 1. The first-order valence-corrected chi connectivity index (χ1v) is 11.0. The molecule has 2 aromatic carbocycles. The maximum Gasteiger partial charge on any atom is 0.167 e. The molecule has 1 aliphatic rings. The Hall–Kier alpha value is -3.25. The lowest BCUT2D eigenvalue weighted by Crippen LogP contribution is -2.18. The summed E-state index contributed by atoms with van der Waals surface area (Å²) in [4.78, 5) is 14.0. The van der Waals surface area contributed by atoms with Crippen molar-refractivity contribution in [2.24, 2.45) is 0 Å². The number of ether oxygens (including phenoxy) is 1. The van der Waals surface area contributed by atoms with Gasteiger partial charge in [0.1, 0.15) is 12.1 Å². The second-order valence-corrected chi connectivity index (χ2v) is 8.02. The van der Waals surface area contributed by atoms with E-state index in [9.17, 15) is 0 Å². The molecular weight excluding hydrogens is 386 g/mol. The molecule has 1 unspecified atom stereocenters.